The molecule has 11 heteroatoms. The molecule has 0 spiro atoms. The first-order valence-electron chi connectivity index (χ1n) is 8.18. The molecule has 1 aliphatic carbocycles. The summed E-state index contributed by atoms with van der Waals surface area (Å²) in [6.45, 7) is 5.27. The Kier molecular flexibility index (Phi) is 4.97. The predicted molar refractivity (Wildman–Crippen MR) is 101 cm³/mol. The van der Waals surface area contributed by atoms with Gasteiger partial charge in [0.2, 0.25) is 0 Å². The fraction of sp³-hybridized carbons (Fsp3) is 0.0500. The lowest BCUT2D eigenvalue weighted by atomic mass is 9.92. The molecular weight excluding hydrogens is 394 g/mol. The minimum absolute atomic E-state index is 0.0147. The molecule has 140 valence electrons. The number of hydrogen-bond donors (Lipinski definition) is 0. The first-order chi connectivity index (χ1) is 14.9. The molecule has 11 nitrogen and oxygen atoms in total. The highest BCUT2D eigenvalue weighted by atomic mass is 15.0. The van der Waals surface area contributed by atoms with Gasteiger partial charge in [0.1, 0.15) is 58.8 Å². The van der Waals surface area contributed by atoms with Crippen LogP contribution in [0.4, 0.5) is 0 Å². The molecule has 0 aliphatic heterocycles. The Morgan fingerprint density at radius 2 is 1.10 bits per heavy atom. The fourth-order valence-corrected chi connectivity index (χ4v) is 2.62. The van der Waals surface area contributed by atoms with Crippen LogP contribution in [0, 0.1) is 68.0 Å². The normalized spacial score (nSPS) is 13.1. The first kappa shape index (κ1) is 20.0. The molecule has 0 radical (unpaired) electrons. The van der Waals surface area contributed by atoms with Crippen molar-refractivity contribution < 1.29 is 0 Å². The van der Waals surface area contributed by atoms with Crippen molar-refractivity contribution in [1.29, 1.82) is 31.6 Å². The zero-order valence-corrected chi connectivity index (χ0v) is 15.6. The summed E-state index contributed by atoms with van der Waals surface area (Å²) in [5, 5.41) is 55.7. The van der Waals surface area contributed by atoms with Crippen LogP contribution in [-0.2, 0) is 0 Å². The summed E-state index contributed by atoms with van der Waals surface area (Å²) in [4.78, 5) is 20.7. The summed E-state index contributed by atoms with van der Waals surface area (Å²) >= 11 is 0. The van der Waals surface area contributed by atoms with E-state index >= 15 is 0 Å². The van der Waals surface area contributed by atoms with Gasteiger partial charge >= 0.3 is 0 Å². The monoisotopic (exact) mass is 399 g/mol. The Bertz CT molecular complexity index is 1510. The zero-order chi connectivity index (χ0) is 22.7. The molecule has 31 heavy (non-hydrogen) atoms. The van der Waals surface area contributed by atoms with Crippen molar-refractivity contribution in [3.8, 4) is 47.8 Å². The van der Waals surface area contributed by atoms with E-state index in [2.05, 4.69) is 31.5 Å². The second kappa shape index (κ2) is 7.70. The maximum Gasteiger partial charge on any atom is 0.177 e. The minimum atomic E-state index is -0.299. The Hall–Kier alpha value is -5.75. The highest BCUT2D eigenvalue weighted by Crippen LogP contribution is 2.36. The van der Waals surface area contributed by atoms with Gasteiger partial charge in [-0.1, -0.05) is 6.58 Å². The molecule has 0 atom stereocenters. The van der Waals surface area contributed by atoms with Crippen molar-refractivity contribution in [3.05, 3.63) is 52.0 Å². The van der Waals surface area contributed by atoms with Crippen LogP contribution in [0.3, 0.4) is 0 Å². The first-order valence-corrected chi connectivity index (χ1v) is 8.18. The quantitative estimate of drug-likeness (QED) is 0.632. The molecule has 0 saturated carbocycles. The number of nitrogens with zero attached hydrogens (tertiary/aromatic N) is 11. The van der Waals surface area contributed by atoms with Gasteiger partial charge in [-0.3, -0.25) is 0 Å². The summed E-state index contributed by atoms with van der Waals surface area (Å²) in [6.07, 6.45) is 0. The topological polar surface area (TPSA) is 207 Å². The van der Waals surface area contributed by atoms with Gasteiger partial charge in [-0.25, -0.2) is 24.9 Å². The van der Waals surface area contributed by atoms with Crippen LogP contribution in [0.1, 0.15) is 41.1 Å². The molecule has 2 heterocycles. The van der Waals surface area contributed by atoms with E-state index in [0.29, 0.717) is 0 Å². The summed E-state index contributed by atoms with van der Waals surface area (Å²) in [5.74, 6) is 0. The van der Waals surface area contributed by atoms with Crippen LogP contribution in [0.5, 0.6) is 0 Å². The second-order valence-corrected chi connectivity index (χ2v) is 5.82. The third kappa shape index (κ3) is 3.10. The van der Waals surface area contributed by atoms with E-state index in [1.54, 1.807) is 30.3 Å². The van der Waals surface area contributed by atoms with E-state index in [9.17, 15) is 26.3 Å². The summed E-state index contributed by atoms with van der Waals surface area (Å²) in [6, 6.07) is 10.7. The van der Waals surface area contributed by atoms with E-state index in [1.807, 2.05) is 6.07 Å². The molecule has 0 bridgehead atoms. The summed E-state index contributed by atoms with van der Waals surface area (Å²) in [7, 11) is 0. The van der Waals surface area contributed by atoms with E-state index in [4.69, 9.17) is 5.26 Å². The van der Waals surface area contributed by atoms with Crippen LogP contribution >= 0.6 is 0 Å². The van der Waals surface area contributed by atoms with Crippen molar-refractivity contribution in [2.75, 3.05) is 0 Å². The number of rotatable bonds is 1. The lowest BCUT2D eigenvalue weighted by Gasteiger charge is -2.21. The standard InChI is InChI=1S/C20H5N11/c1-9(3-21)11(4-22)27-16-10(2)17-19(29-13(6-24)12(5-23)28-17)20-18(16)30-14(7-25)15(8-26)31-20/h2H2,1H3/b11-9+,27-16+. The lowest BCUT2D eigenvalue weighted by molar-refractivity contribution is 1.05. The Labute approximate surface area is 175 Å². The number of nitriles is 6. The summed E-state index contributed by atoms with van der Waals surface area (Å²) < 4.78 is 0. The number of allylic oxidation sites excluding steroid dienone is 3. The third-order valence-electron chi connectivity index (χ3n) is 4.09. The molecule has 0 fully saturated rings. The van der Waals surface area contributed by atoms with Gasteiger partial charge in [-0.15, -0.1) is 0 Å². The molecule has 2 aromatic heterocycles. The summed E-state index contributed by atoms with van der Waals surface area (Å²) in [5.41, 5.74) is -1.33. The molecular formula is C20H5N11. The van der Waals surface area contributed by atoms with Gasteiger partial charge in [-0.2, -0.15) is 31.6 Å². The van der Waals surface area contributed by atoms with Crippen LogP contribution in [-0.4, -0.2) is 25.6 Å². The van der Waals surface area contributed by atoms with E-state index in [-0.39, 0.29) is 68.1 Å². The Morgan fingerprint density at radius 3 is 1.52 bits per heavy atom. The molecule has 2 aromatic rings. The highest BCUT2D eigenvalue weighted by molar-refractivity contribution is 6.35. The number of hydrogen-bond acceptors (Lipinski definition) is 11. The number of aliphatic imine (C=N–C) groups is 1. The lowest BCUT2D eigenvalue weighted by Crippen LogP contribution is -2.21. The molecule has 0 unspecified atom stereocenters. The molecule has 3 rings (SSSR count). The van der Waals surface area contributed by atoms with E-state index in [0.717, 1.165) is 0 Å². The van der Waals surface area contributed by atoms with Gasteiger partial charge in [0.15, 0.2) is 28.5 Å². The smallest absolute Gasteiger partial charge is 0.177 e. The average Bonchev–Trinajstić information content (AvgIpc) is 2.81. The molecule has 1 aliphatic rings. The molecule has 0 aromatic carbocycles. The maximum absolute atomic E-state index is 9.39. The molecule has 0 saturated heterocycles. The highest BCUT2D eigenvalue weighted by Gasteiger charge is 2.33. The fourth-order valence-electron chi connectivity index (χ4n) is 2.62. The zero-order valence-electron chi connectivity index (χ0n) is 15.6. The van der Waals surface area contributed by atoms with Crippen LogP contribution in [0.25, 0.3) is 17.0 Å². The van der Waals surface area contributed by atoms with Crippen molar-refractivity contribution >= 4 is 11.3 Å². The molecule has 0 N–H and O–H groups in total. The minimum Gasteiger partial charge on any atom is -0.234 e. The van der Waals surface area contributed by atoms with Crippen LogP contribution < -0.4 is 0 Å². The van der Waals surface area contributed by atoms with Crippen molar-refractivity contribution in [3.63, 3.8) is 0 Å². The Balaban J connectivity index is 2.52. The largest absolute Gasteiger partial charge is 0.234 e. The Morgan fingerprint density at radius 1 is 0.677 bits per heavy atom. The average molecular weight is 399 g/mol. The number of aromatic nitrogens is 4. The van der Waals surface area contributed by atoms with Crippen LogP contribution in [0.2, 0.25) is 0 Å². The van der Waals surface area contributed by atoms with Gasteiger partial charge in [0.05, 0.1) is 11.6 Å². The van der Waals surface area contributed by atoms with Crippen molar-refractivity contribution in [2.45, 2.75) is 6.92 Å². The van der Waals surface area contributed by atoms with Crippen molar-refractivity contribution in [1.82, 2.24) is 19.9 Å². The van der Waals surface area contributed by atoms with Gasteiger partial charge in [-0.05, 0) is 6.92 Å². The van der Waals surface area contributed by atoms with E-state index < -0.39 is 0 Å². The maximum atomic E-state index is 9.39. The van der Waals surface area contributed by atoms with Crippen molar-refractivity contribution in [2.24, 2.45) is 4.99 Å². The van der Waals surface area contributed by atoms with E-state index in [1.165, 1.54) is 6.92 Å². The predicted octanol–water partition coefficient (Wildman–Crippen LogP) is 1.56. The third-order valence-corrected chi connectivity index (χ3v) is 4.09. The SMILES string of the molecule is C=C1/C(=N\C(C#N)=C(/C)C#N)c2nc(C#N)c(C#N)nc2-c2nc(C#N)c(C#N)nc21. The van der Waals surface area contributed by atoms with Gasteiger partial charge in [0, 0.05) is 5.57 Å². The number of fused-ring (bicyclic) bond motifs is 3. The van der Waals surface area contributed by atoms with Gasteiger partial charge < -0.3 is 0 Å². The molecule has 0 amide bonds. The van der Waals surface area contributed by atoms with Gasteiger partial charge in [0.25, 0.3) is 0 Å². The van der Waals surface area contributed by atoms with Crippen LogP contribution in [0.15, 0.2) is 22.8 Å². The second-order valence-electron chi connectivity index (χ2n) is 5.82.